The number of nitrogens with zero attached hydrogens (tertiary/aromatic N) is 1. The number of hydrogen-bond acceptors (Lipinski definition) is 2. The Balaban J connectivity index is 2.95. The van der Waals surface area contributed by atoms with E-state index in [-0.39, 0.29) is 0 Å². The van der Waals surface area contributed by atoms with Crippen molar-refractivity contribution in [1.29, 1.82) is 0 Å². The van der Waals surface area contributed by atoms with Gasteiger partial charge in [0.15, 0.2) is 0 Å². The Morgan fingerprint density at radius 2 is 2.08 bits per heavy atom. The molecule has 0 aliphatic heterocycles. The number of hydrogen-bond donors (Lipinski definition) is 0. The lowest BCUT2D eigenvalue weighted by molar-refractivity contribution is -0.104. The van der Waals surface area contributed by atoms with E-state index in [1.54, 1.807) is 6.08 Å². The molecule has 13 heavy (non-hydrogen) atoms. The first kappa shape index (κ1) is 9.34. The van der Waals surface area contributed by atoms with E-state index < -0.39 is 0 Å². The molecule has 2 nitrogen and oxygen atoms in total. The number of likely N-dealkylation sites (N-methyl/N-ethyl adjacent to an activating group) is 1. The van der Waals surface area contributed by atoms with Gasteiger partial charge in [-0.1, -0.05) is 5.73 Å². The summed E-state index contributed by atoms with van der Waals surface area (Å²) in [5, 5.41) is 0. The highest BCUT2D eigenvalue weighted by Crippen LogP contribution is 2.07. The maximum absolute atomic E-state index is 10.0. The molecule has 0 aromatic heterocycles. The molecule has 0 aromatic carbocycles. The molecular formula is C11H11NO. The van der Waals surface area contributed by atoms with E-state index in [1.807, 2.05) is 31.1 Å². The predicted molar refractivity (Wildman–Crippen MR) is 52.1 cm³/mol. The first-order valence-electron chi connectivity index (χ1n) is 3.97. The Morgan fingerprint density at radius 3 is 2.54 bits per heavy atom. The van der Waals surface area contributed by atoms with Crippen LogP contribution in [0, 0.1) is 0 Å². The van der Waals surface area contributed by atoms with Crippen LogP contribution in [0.5, 0.6) is 0 Å². The van der Waals surface area contributed by atoms with Gasteiger partial charge in [-0.25, -0.2) is 0 Å². The van der Waals surface area contributed by atoms with Crippen LogP contribution in [0.3, 0.4) is 0 Å². The maximum atomic E-state index is 10.0. The van der Waals surface area contributed by atoms with Gasteiger partial charge in [-0.05, 0) is 30.0 Å². The molecule has 0 spiro atoms. The van der Waals surface area contributed by atoms with Crippen molar-refractivity contribution in [1.82, 2.24) is 4.90 Å². The minimum atomic E-state index is 0.744. The highest BCUT2D eigenvalue weighted by Gasteiger charge is 1.95. The largest absolute Gasteiger partial charge is 0.371 e. The highest BCUT2D eigenvalue weighted by molar-refractivity contribution is 5.66. The molecule has 1 aliphatic rings. The topological polar surface area (TPSA) is 20.3 Å². The Labute approximate surface area is 77.9 Å². The Morgan fingerprint density at radius 1 is 1.31 bits per heavy atom. The fraction of sp³-hybridized carbons (Fsp3) is 0.182. The van der Waals surface area contributed by atoms with Crippen molar-refractivity contribution in [2.24, 2.45) is 0 Å². The third-order valence-electron chi connectivity index (χ3n) is 1.59. The van der Waals surface area contributed by atoms with Crippen molar-refractivity contribution in [2.45, 2.75) is 0 Å². The lowest BCUT2D eigenvalue weighted by atomic mass is 10.2. The molecule has 0 saturated heterocycles. The van der Waals surface area contributed by atoms with Gasteiger partial charge >= 0.3 is 0 Å². The van der Waals surface area contributed by atoms with Gasteiger partial charge in [-0.15, -0.1) is 0 Å². The van der Waals surface area contributed by atoms with Gasteiger partial charge in [0.25, 0.3) is 0 Å². The first-order chi connectivity index (χ1) is 6.24. The van der Waals surface area contributed by atoms with Crippen LogP contribution in [0.15, 0.2) is 47.0 Å². The van der Waals surface area contributed by atoms with Crippen LogP contribution < -0.4 is 0 Å². The summed E-state index contributed by atoms with van der Waals surface area (Å²) in [4.78, 5) is 12.0. The lowest BCUT2D eigenvalue weighted by Crippen LogP contribution is -2.08. The third kappa shape index (κ3) is 2.64. The average molecular weight is 173 g/mol. The molecular weight excluding hydrogens is 162 g/mol. The number of aldehydes is 1. The van der Waals surface area contributed by atoms with E-state index in [2.05, 4.69) is 11.5 Å². The molecule has 0 fully saturated rings. The van der Waals surface area contributed by atoms with Crippen LogP contribution in [0.2, 0.25) is 0 Å². The molecule has 66 valence electrons. The summed E-state index contributed by atoms with van der Waals surface area (Å²) in [6, 6.07) is 0. The van der Waals surface area contributed by atoms with E-state index in [0.29, 0.717) is 0 Å². The highest BCUT2D eigenvalue weighted by atomic mass is 16.1. The molecule has 0 atom stereocenters. The van der Waals surface area contributed by atoms with E-state index in [1.165, 1.54) is 6.08 Å². The van der Waals surface area contributed by atoms with E-state index in [9.17, 15) is 4.79 Å². The molecule has 2 heteroatoms. The van der Waals surface area contributed by atoms with E-state index in [4.69, 9.17) is 0 Å². The zero-order valence-electron chi connectivity index (χ0n) is 7.74. The van der Waals surface area contributed by atoms with Crippen LogP contribution in [-0.2, 0) is 4.79 Å². The number of carbonyl (C=O) groups is 1. The SMILES string of the molecule is CN(C)C1=C=C=C(/C=C/C=O)C=C1. The Hall–Kier alpha value is -1.75. The maximum Gasteiger partial charge on any atom is 0.142 e. The number of carbonyl (C=O) groups excluding carboxylic acids is 1. The fourth-order valence-electron chi connectivity index (χ4n) is 0.889. The molecule has 0 heterocycles. The van der Waals surface area contributed by atoms with Crippen molar-refractivity contribution in [3.05, 3.63) is 47.0 Å². The zero-order chi connectivity index (χ0) is 9.68. The summed E-state index contributed by atoms with van der Waals surface area (Å²) in [6.45, 7) is 0. The fourth-order valence-corrected chi connectivity index (χ4v) is 0.889. The van der Waals surface area contributed by atoms with Gasteiger partial charge in [-0.3, -0.25) is 4.79 Å². The summed E-state index contributed by atoms with van der Waals surface area (Å²) >= 11 is 0. The van der Waals surface area contributed by atoms with Crippen molar-refractivity contribution >= 4 is 6.29 Å². The normalized spacial score (nSPS) is 14.3. The molecule has 0 amide bonds. The molecule has 0 bridgehead atoms. The average Bonchev–Trinajstić information content (AvgIpc) is 2.15. The van der Waals surface area contributed by atoms with Gasteiger partial charge < -0.3 is 4.90 Å². The second-order valence-corrected chi connectivity index (χ2v) is 2.81. The molecule has 0 radical (unpaired) electrons. The summed E-state index contributed by atoms with van der Waals surface area (Å²) in [7, 11) is 3.89. The van der Waals surface area contributed by atoms with Crippen molar-refractivity contribution in [3.63, 3.8) is 0 Å². The van der Waals surface area contributed by atoms with Gasteiger partial charge in [0, 0.05) is 19.7 Å². The third-order valence-corrected chi connectivity index (χ3v) is 1.59. The van der Waals surface area contributed by atoms with Gasteiger partial charge in [0.05, 0.1) is 5.70 Å². The monoisotopic (exact) mass is 173 g/mol. The molecule has 0 aromatic rings. The number of allylic oxidation sites excluding steroid dienone is 5. The summed E-state index contributed by atoms with van der Waals surface area (Å²) in [5.41, 5.74) is 7.75. The van der Waals surface area contributed by atoms with Crippen LogP contribution in [0.25, 0.3) is 0 Å². The standard InChI is InChI=1S/C11H11NO/c1-12(2)11-7-5-10(6-8-11)4-3-9-13/h3-5,7,9H,1-2H3/b4-3+. The van der Waals surface area contributed by atoms with E-state index in [0.717, 1.165) is 17.6 Å². The number of rotatable bonds is 3. The molecule has 1 rings (SSSR count). The first-order valence-corrected chi connectivity index (χ1v) is 3.97. The van der Waals surface area contributed by atoms with Gasteiger partial charge in [-0.2, -0.15) is 0 Å². The molecule has 0 unspecified atom stereocenters. The Bertz CT molecular complexity index is 360. The van der Waals surface area contributed by atoms with Crippen LogP contribution in [-0.4, -0.2) is 25.3 Å². The summed E-state index contributed by atoms with van der Waals surface area (Å²) in [5.74, 6) is 0. The summed E-state index contributed by atoms with van der Waals surface area (Å²) in [6.07, 6.45) is 7.71. The lowest BCUT2D eigenvalue weighted by Gasteiger charge is -2.11. The summed E-state index contributed by atoms with van der Waals surface area (Å²) < 4.78 is 0. The van der Waals surface area contributed by atoms with Crippen molar-refractivity contribution < 1.29 is 4.79 Å². The van der Waals surface area contributed by atoms with E-state index >= 15 is 0 Å². The minimum Gasteiger partial charge on any atom is -0.371 e. The molecule has 0 N–H and O–H groups in total. The van der Waals surface area contributed by atoms with Crippen molar-refractivity contribution in [3.8, 4) is 0 Å². The second kappa shape index (κ2) is 4.32. The van der Waals surface area contributed by atoms with Gasteiger partial charge in [0.1, 0.15) is 6.29 Å². The molecule has 0 saturated carbocycles. The smallest absolute Gasteiger partial charge is 0.142 e. The van der Waals surface area contributed by atoms with Crippen LogP contribution in [0.1, 0.15) is 0 Å². The van der Waals surface area contributed by atoms with Crippen LogP contribution >= 0.6 is 0 Å². The zero-order valence-corrected chi connectivity index (χ0v) is 7.74. The van der Waals surface area contributed by atoms with Crippen LogP contribution in [0.4, 0.5) is 0 Å². The quantitative estimate of drug-likeness (QED) is 0.365. The molecule has 1 aliphatic carbocycles. The minimum absolute atomic E-state index is 0.744. The predicted octanol–water partition coefficient (Wildman–Crippen LogP) is 1.44. The van der Waals surface area contributed by atoms with Crippen molar-refractivity contribution in [2.75, 3.05) is 14.1 Å². The second-order valence-electron chi connectivity index (χ2n) is 2.81. The Kier molecular flexibility index (Phi) is 3.10. The van der Waals surface area contributed by atoms with Gasteiger partial charge in [0.2, 0.25) is 0 Å².